The number of carbonyl (C=O) groups excluding carboxylic acids is 1. The van der Waals surface area contributed by atoms with Crippen molar-refractivity contribution in [3.8, 4) is 0 Å². The van der Waals surface area contributed by atoms with Crippen LogP contribution in [0.2, 0.25) is 0 Å². The Balaban J connectivity index is 2.32. The summed E-state index contributed by atoms with van der Waals surface area (Å²) in [5.74, 6) is 0.140. The lowest BCUT2D eigenvalue weighted by Gasteiger charge is -2.17. The van der Waals surface area contributed by atoms with Gasteiger partial charge < -0.3 is 4.90 Å². The van der Waals surface area contributed by atoms with Gasteiger partial charge in [-0.15, -0.1) is 0 Å². The summed E-state index contributed by atoms with van der Waals surface area (Å²) in [5, 5.41) is 0.155. The number of anilines is 1. The first-order valence-corrected chi connectivity index (χ1v) is 5.09. The Hall–Kier alpha value is -1.03. The van der Waals surface area contributed by atoms with Gasteiger partial charge in [0.15, 0.2) is 0 Å². The second kappa shape index (κ2) is 3.61. The lowest BCUT2D eigenvalue weighted by atomic mass is 10.2. The fourth-order valence-corrected chi connectivity index (χ4v) is 1.98. The summed E-state index contributed by atoms with van der Waals surface area (Å²) < 4.78 is 0. The number of pyridine rings is 1. The molecule has 1 aromatic heterocycles. The van der Waals surface area contributed by atoms with E-state index in [1.807, 2.05) is 13.0 Å². The highest BCUT2D eigenvalue weighted by atomic mass is 32.1. The van der Waals surface area contributed by atoms with Crippen molar-refractivity contribution in [3.63, 3.8) is 0 Å². The van der Waals surface area contributed by atoms with Crippen molar-refractivity contribution in [2.75, 3.05) is 11.4 Å². The summed E-state index contributed by atoms with van der Waals surface area (Å²) in [4.78, 5) is 17.4. The van der Waals surface area contributed by atoms with Gasteiger partial charge in [0, 0.05) is 24.4 Å². The van der Waals surface area contributed by atoms with E-state index in [1.54, 1.807) is 17.3 Å². The topological polar surface area (TPSA) is 33.2 Å². The summed E-state index contributed by atoms with van der Waals surface area (Å²) >= 11 is 4.31. The van der Waals surface area contributed by atoms with Crippen LogP contribution in [0.1, 0.15) is 12.0 Å². The number of hydrogen-bond acceptors (Lipinski definition) is 3. The van der Waals surface area contributed by atoms with Crippen LogP contribution in [-0.2, 0) is 4.79 Å². The predicted molar refractivity (Wildman–Crippen MR) is 58.7 cm³/mol. The molecule has 1 saturated heterocycles. The van der Waals surface area contributed by atoms with E-state index in [4.69, 9.17) is 0 Å². The Morgan fingerprint density at radius 2 is 2.43 bits per heavy atom. The maximum atomic E-state index is 11.6. The van der Waals surface area contributed by atoms with E-state index in [2.05, 4.69) is 17.6 Å². The van der Waals surface area contributed by atoms with Gasteiger partial charge >= 0.3 is 0 Å². The minimum absolute atomic E-state index is 0.140. The molecule has 2 heterocycles. The number of amides is 1. The van der Waals surface area contributed by atoms with Gasteiger partial charge in [-0.2, -0.15) is 12.6 Å². The highest BCUT2D eigenvalue weighted by Crippen LogP contribution is 2.25. The Bertz CT molecular complexity index is 367. The molecule has 0 saturated carbocycles. The van der Waals surface area contributed by atoms with Gasteiger partial charge in [-0.1, -0.05) is 0 Å². The van der Waals surface area contributed by atoms with Crippen molar-refractivity contribution >= 4 is 24.2 Å². The molecule has 4 heteroatoms. The van der Waals surface area contributed by atoms with Crippen molar-refractivity contribution in [2.45, 2.75) is 18.6 Å². The SMILES string of the molecule is Cc1ccncc1N1CC(S)CC1=O. The molecule has 1 atom stereocenters. The fraction of sp³-hybridized carbons (Fsp3) is 0.400. The van der Waals surface area contributed by atoms with Gasteiger partial charge in [0.25, 0.3) is 0 Å². The van der Waals surface area contributed by atoms with Crippen LogP contribution >= 0.6 is 12.6 Å². The number of carbonyl (C=O) groups is 1. The normalized spacial score (nSPS) is 21.7. The number of rotatable bonds is 1. The molecule has 1 aliphatic heterocycles. The number of hydrogen-bond donors (Lipinski definition) is 1. The molecule has 1 aliphatic rings. The highest BCUT2D eigenvalue weighted by Gasteiger charge is 2.28. The molecule has 1 unspecified atom stereocenters. The van der Waals surface area contributed by atoms with Crippen LogP contribution in [0.4, 0.5) is 5.69 Å². The van der Waals surface area contributed by atoms with Crippen LogP contribution < -0.4 is 4.90 Å². The second-order valence-corrected chi connectivity index (χ2v) is 4.25. The third-order valence-electron chi connectivity index (χ3n) is 2.41. The molecule has 74 valence electrons. The number of aromatic nitrogens is 1. The van der Waals surface area contributed by atoms with Crippen molar-refractivity contribution in [1.82, 2.24) is 4.98 Å². The van der Waals surface area contributed by atoms with Crippen molar-refractivity contribution in [2.24, 2.45) is 0 Å². The molecule has 0 bridgehead atoms. The van der Waals surface area contributed by atoms with Gasteiger partial charge in [-0.05, 0) is 18.6 Å². The van der Waals surface area contributed by atoms with Crippen molar-refractivity contribution in [3.05, 3.63) is 24.0 Å². The van der Waals surface area contributed by atoms with Crippen molar-refractivity contribution in [1.29, 1.82) is 0 Å². The number of aryl methyl sites for hydroxylation is 1. The van der Waals surface area contributed by atoms with Crippen LogP contribution in [-0.4, -0.2) is 22.7 Å². The number of thiol groups is 1. The van der Waals surface area contributed by atoms with E-state index >= 15 is 0 Å². The lowest BCUT2D eigenvalue weighted by molar-refractivity contribution is -0.117. The minimum Gasteiger partial charge on any atom is -0.309 e. The molecule has 3 nitrogen and oxygen atoms in total. The Labute approximate surface area is 88.5 Å². The molecule has 1 amide bonds. The summed E-state index contributed by atoms with van der Waals surface area (Å²) in [7, 11) is 0. The van der Waals surface area contributed by atoms with Gasteiger partial charge in [-0.25, -0.2) is 0 Å². The summed E-state index contributed by atoms with van der Waals surface area (Å²) in [6, 6.07) is 1.91. The van der Waals surface area contributed by atoms with Gasteiger partial charge in [0.05, 0.1) is 11.9 Å². The van der Waals surface area contributed by atoms with Gasteiger partial charge in [-0.3, -0.25) is 9.78 Å². The molecule has 1 aromatic rings. The fourth-order valence-electron chi connectivity index (χ4n) is 1.66. The van der Waals surface area contributed by atoms with Crippen LogP contribution in [0.15, 0.2) is 18.5 Å². The maximum Gasteiger partial charge on any atom is 0.228 e. The highest BCUT2D eigenvalue weighted by molar-refractivity contribution is 7.81. The molecule has 0 aromatic carbocycles. The molecule has 0 radical (unpaired) electrons. The smallest absolute Gasteiger partial charge is 0.228 e. The Kier molecular flexibility index (Phi) is 2.46. The molecule has 2 rings (SSSR count). The predicted octanol–water partition coefficient (Wildman–Crippen LogP) is 1.43. The molecular formula is C10H12N2OS. The van der Waals surface area contributed by atoms with Gasteiger partial charge in [0.2, 0.25) is 5.91 Å². The molecule has 0 spiro atoms. The first-order chi connectivity index (χ1) is 6.68. The van der Waals surface area contributed by atoms with Crippen LogP contribution in [0.3, 0.4) is 0 Å². The van der Waals surface area contributed by atoms with Crippen LogP contribution in [0.25, 0.3) is 0 Å². The molecule has 0 N–H and O–H groups in total. The van der Waals surface area contributed by atoms with E-state index in [9.17, 15) is 4.79 Å². The third kappa shape index (κ3) is 1.62. The van der Waals surface area contributed by atoms with E-state index in [0.29, 0.717) is 13.0 Å². The third-order valence-corrected chi connectivity index (χ3v) is 2.75. The molecule has 0 aliphatic carbocycles. The quantitative estimate of drug-likeness (QED) is 0.708. The van der Waals surface area contributed by atoms with E-state index in [0.717, 1.165) is 11.3 Å². The largest absolute Gasteiger partial charge is 0.309 e. The Morgan fingerprint density at radius 3 is 3.00 bits per heavy atom. The first-order valence-electron chi connectivity index (χ1n) is 4.57. The standard InChI is InChI=1S/C10H12N2OS/c1-7-2-3-11-5-9(7)12-6-8(14)4-10(12)13/h2-3,5,8,14H,4,6H2,1H3. The van der Waals surface area contributed by atoms with Gasteiger partial charge in [0.1, 0.15) is 0 Å². The van der Waals surface area contributed by atoms with E-state index in [-0.39, 0.29) is 11.2 Å². The van der Waals surface area contributed by atoms with E-state index in [1.165, 1.54) is 0 Å². The monoisotopic (exact) mass is 208 g/mol. The molecule has 14 heavy (non-hydrogen) atoms. The van der Waals surface area contributed by atoms with Crippen molar-refractivity contribution < 1.29 is 4.79 Å². The Morgan fingerprint density at radius 1 is 1.64 bits per heavy atom. The summed E-state index contributed by atoms with van der Waals surface area (Å²) in [6.45, 7) is 2.67. The van der Waals surface area contributed by atoms with E-state index < -0.39 is 0 Å². The molecular weight excluding hydrogens is 196 g/mol. The number of nitrogens with zero attached hydrogens (tertiary/aromatic N) is 2. The van der Waals surface area contributed by atoms with Crippen LogP contribution in [0, 0.1) is 6.92 Å². The summed E-state index contributed by atoms with van der Waals surface area (Å²) in [6.07, 6.45) is 3.99. The maximum absolute atomic E-state index is 11.6. The zero-order valence-corrected chi connectivity index (χ0v) is 8.87. The summed E-state index contributed by atoms with van der Waals surface area (Å²) in [5.41, 5.74) is 1.99. The average molecular weight is 208 g/mol. The average Bonchev–Trinajstić information content (AvgIpc) is 2.46. The minimum atomic E-state index is 0.140. The van der Waals surface area contributed by atoms with Crippen LogP contribution in [0.5, 0.6) is 0 Å². The zero-order valence-electron chi connectivity index (χ0n) is 7.97. The first kappa shape index (κ1) is 9.52. The molecule has 1 fully saturated rings. The lowest BCUT2D eigenvalue weighted by Crippen LogP contribution is -2.25. The second-order valence-electron chi connectivity index (χ2n) is 3.52. The zero-order chi connectivity index (χ0) is 10.1.